The highest BCUT2D eigenvalue weighted by Gasteiger charge is 2.33. The summed E-state index contributed by atoms with van der Waals surface area (Å²) in [6.07, 6.45) is -2.67. The van der Waals surface area contributed by atoms with E-state index >= 15 is 0 Å². The molecule has 0 aromatic heterocycles. The Balaban J connectivity index is 2.01. The fourth-order valence-electron chi connectivity index (χ4n) is 2.70. The van der Waals surface area contributed by atoms with Gasteiger partial charge in [0.1, 0.15) is 0 Å². The first-order valence-corrected chi connectivity index (χ1v) is 10.6. The first kappa shape index (κ1) is 27.2. The van der Waals surface area contributed by atoms with Crippen molar-refractivity contribution in [1.29, 1.82) is 0 Å². The van der Waals surface area contributed by atoms with Gasteiger partial charge in [-0.25, -0.2) is 5.43 Å². The van der Waals surface area contributed by atoms with Crippen molar-refractivity contribution in [1.82, 2.24) is 10.7 Å². The molecule has 3 N–H and O–H groups in total. The molecule has 3 amide bonds. The summed E-state index contributed by atoms with van der Waals surface area (Å²) < 4.78 is 50.2. The van der Waals surface area contributed by atoms with Crippen molar-refractivity contribution < 1.29 is 37.0 Å². The Morgan fingerprint density at radius 1 is 1.00 bits per heavy atom. The first-order valence-electron chi connectivity index (χ1n) is 10.6. The van der Waals surface area contributed by atoms with Gasteiger partial charge in [0.25, 0.3) is 5.91 Å². The molecule has 2 aromatic carbocycles. The van der Waals surface area contributed by atoms with Crippen LogP contribution in [-0.2, 0) is 20.6 Å². The van der Waals surface area contributed by atoms with Gasteiger partial charge in [-0.1, -0.05) is 19.1 Å². The predicted octanol–water partition coefficient (Wildman–Crippen LogP) is 3.10. The van der Waals surface area contributed by atoms with Gasteiger partial charge >= 0.3 is 18.0 Å². The molecule has 0 fully saturated rings. The standard InChI is InChI=1S/C23H25F3N4O5/c1-3-11-27-21(32)22(33)30-28-13-15-9-10-18(19(12-15)34-4-2)35-14-20(31)29-17-8-6-5-7-16(17)23(24,25)26/h5-10,12-13H,3-4,11,14H2,1-2H3,(H,27,32)(H,29,31)(H,30,33)/b28-13-. The summed E-state index contributed by atoms with van der Waals surface area (Å²) in [5.74, 6) is -2.10. The molecule has 2 rings (SSSR count). The topological polar surface area (TPSA) is 118 Å². The summed E-state index contributed by atoms with van der Waals surface area (Å²) in [6.45, 7) is 3.63. The SMILES string of the molecule is CCCNC(=O)C(=O)N/N=C\c1ccc(OCC(=O)Nc2ccccc2C(F)(F)F)c(OCC)c1. The smallest absolute Gasteiger partial charge is 0.418 e. The molecule has 0 aliphatic heterocycles. The minimum Gasteiger partial charge on any atom is -0.490 e. The average Bonchev–Trinajstić information content (AvgIpc) is 2.81. The van der Waals surface area contributed by atoms with Gasteiger partial charge < -0.3 is 20.1 Å². The van der Waals surface area contributed by atoms with Crippen molar-refractivity contribution in [3.8, 4) is 11.5 Å². The number of nitrogens with zero attached hydrogens (tertiary/aromatic N) is 1. The van der Waals surface area contributed by atoms with Crippen LogP contribution >= 0.6 is 0 Å². The van der Waals surface area contributed by atoms with Gasteiger partial charge in [-0.05, 0) is 49.2 Å². The van der Waals surface area contributed by atoms with E-state index in [9.17, 15) is 27.6 Å². The van der Waals surface area contributed by atoms with Crippen molar-refractivity contribution in [2.24, 2.45) is 5.10 Å². The number of rotatable bonds is 10. The molecule has 0 heterocycles. The quantitative estimate of drug-likeness (QED) is 0.267. The maximum absolute atomic E-state index is 13.1. The third kappa shape index (κ3) is 8.65. The number of hydrogen-bond acceptors (Lipinski definition) is 6. The lowest BCUT2D eigenvalue weighted by molar-refractivity contribution is -0.139. The highest BCUT2D eigenvalue weighted by Crippen LogP contribution is 2.34. The molecule has 0 aliphatic rings. The van der Waals surface area contributed by atoms with Crippen molar-refractivity contribution in [2.45, 2.75) is 26.4 Å². The van der Waals surface area contributed by atoms with Gasteiger partial charge in [0.05, 0.1) is 24.1 Å². The summed E-state index contributed by atoms with van der Waals surface area (Å²) in [5, 5.41) is 8.32. The Hall–Kier alpha value is -4.09. The fourth-order valence-corrected chi connectivity index (χ4v) is 2.70. The second-order valence-corrected chi connectivity index (χ2v) is 6.97. The van der Waals surface area contributed by atoms with Crippen LogP contribution in [0.15, 0.2) is 47.6 Å². The van der Waals surface area contributed by atoms with E-state index in [1.54, 1.807) is 13.0 Å². The third-order valence-corrected chi connectivity index (χ3v) is 4.25. The molecular weight excluding hydrogens is 469 g/mol. The van der Waals surface area contributed by atoms with Crippen LogP contribution in [0.3, 0.4) is 0 Å². The number of halogens is 3. The Morgan fingerprint density at radius 2 is 1.74 bits per heavy atom. The van der Waals surface area contributed by atoms with E-state index in [1.165, 1.54) is 30.5 Å². The molecule has 12 heteroatoms. The van der Waals surface area contributed by atoms with Crippen LogP contribution in [0.5, 0.6) is 11.5 Å². The Bertz CT molecular complexity index is 1070. The molecule has 0 atom stereocenters. The summed E-state index contributed by atoms with van der Waals surface area (Å²) in [4.78, 5) is 35.3. The number of nitrogens with one attached hydrogen (secondary N) is 3. The van der Waals surface area contributed by atoms with Crippen molar-refractivity contribution in [3.63, 3.8) is 0 Å². The molecule has 0 radical (unpaired) electrons. The number of amides is 3. The van der Waals surface area contributed by atoms with Crippen LogP contribution in [0.25, 0.3) is 0 Å². The zero-order valence-electron chi connectivity index (χ0n) is 19.1. The van der Waals surface area contributed by atoms with Crippen molar-refractivity contribution in [2.75, 3.05) is 25.1 Å². The lowest BCUT2D eigenvalue weighted by atomic mass is 10.1. The van der Waals surface area contributed by atoms with Crippen molar-refractivity contribution in [3.05, 3.63) is 53.6 Å². The van der Waals surface area contributed by atoms with Crippen LogP contribution in [0.4, 0.5) is 18.9 Å². The molecule has 2 aromatic rings. The molecule has 9 nitrogen and oxygen atoms in total. The molecule has 188 valence electrons. The Morgan fingerprint density at radius 3 is 2.43 bits per heavy atom. The first-order chi connectivity index (χ1) is 16.7. The minimum atomic E-state index is -4.62. The Labute approximate surface area is 199 Å². The van der Waals surface area contributed by atoms with E-state index in [0.29, 0.717) is 18.5 Å². The van der Waals surface area contributed by atoms with Crippen molar-refractivity contribution >= 4 is 29.6 Å². The number of anilines is 1. The fraction of sp³-hybridized carbons (Fsp3) is 0.304. The van der Waals surface area contributed by atoms with E-state index in [0.717, 1.165) is 12.1 Å². The number of benzene rings is 2. The maximum Gasteiger partial charge on any atom is 0.418 e. The number of alkyl halides is 3. The number of carbonyl (C=O) groups is 3. The van der Waals surface area contributed by atoms with Gasteiger partial charge in [-0.3, -0.25) is 14.4 Å². The highest BCUT2D eigenvalue weighted by atomic mass is 19.4. The largest absolute Gasteiger partial charge is 0.490 e. The van der Waals surface area contributed by atoms with Gasteiger partial charge in [0.15, 0.2) is 18.1 Å². The molecule has 0 spiro atoms. The lowest BCUT2D eigenvalue weighted by Crippen LogP contribution is -2.38. The van der Waals surface area contributed by atoms with Crippen LogP contribution < -0.4 is 25.5 Å². The van der Waals surface area contributed by atoms with E-state index in [-0.39, 0.29) is 23.8 Å². The van der Waals surface area contributed by atoms with Gasteiger partial charge in [0.2, 0.25) is 0 Å². The second kappa shape index (κ2) is 13.0. The zero-order chi connectivity index (χ0) is 25.8. The molecule has 0 aliphatic carbocycles. The summed E-state index contributed by atoms with van der Waals surface area (Å²) in [5.41, 5.74) is 1.23. The molecule has 0 saturated heterocycles. The predicted molar refractivity (Wildman–Crippen MR) is 122 cm³/mol. The number of carbonyl (C=O) groups excluding carboxylic acids is 3. The number of hydrogen-bond donors (Lipinski definition) is 3. The lowest BCUT2D eigenvalue weighted by Gasteiger charge is -2.15. The van der Waals surface area contributed by atoms with Crippen LogP contribution in [0, 0.1) is 0 Å². The van der Waals surface area contributed by atoms with E-state index in [2.05, 4.69) is 21.2 Å². The molecule has 0 unspecified atom stereocenters. The van der Waals surface area contributed by atoms with Crippen LogP contribution in [0.1, 0.15) is 31.4 Å². The van der Waals surface area contributed by atoms with Gasteiger partial charge in [0, 0.05) is 6.54 Å². The molecule has 0 saturated carbocycles. The minimum absolute atomic E-state index is 0.172. The zero-order valence-corrected chi connectivity index (χ0v) is 19.1. The highest BCUT2D eigenvalue weighted by molar-refractivity contribution is 6.35. The normalized spacial score (nSPS) is 11.1. The molecule has 35 heavy (non-hydrogen) atoms. The maximum atomic E-state index is 13.1. The van der Waals surface area contributed by atoms with Crippen LogP contribution in [0.2, 0.25) is 0 Å². The monoisotopic (exact) mass is 494 g/mol. The number of ether oxygens (including phenoxy) is 2. The number of hydrazone groups is 1. The Kier molecular flexibility index (Phi) is 10.1. The summed E-state index contributed by atoms with van der Waals surface area (Å²) in [7, 11) is 0. The van der Waals surface area contributed by atoms with E-state index < -0.39 is 36.1 Å². The third-order valence-electron chi connectivity index (χ3n) is 4.25. The second-order valence-electron chi connectivity index (χ2n) is 6.97. The summed E-state index contributed by atoms with van der Waals surface area (Å²) in [6, 6.07) is 9.14. The summed E-state index contributed by atoms with van der Waals surface area (Å²) >= 11 is 0. The van der Waals surface area contributed by atoms with Crippen LogP contribution in [-0.4, -0.2) is 43.7 Å². The van der Waals surface area contributed by atoms with Gasteiger partial charge in [-0.15, -0.1) is 0 Å². The molecular formula is C23H25F3N4O5. The van der Waals surface area contributed by atoms with E-state index in [1.807, 2.05) is 6.92 Å². The van der Waals surface area contributed by atoms with E-state index in [4.69, 9.17) is 9.47 Å². The number of para-hydroxylation sites is 1. The average molecular weight is 494 g/mol. The molecule has 0 bridgehead atoms. The van der Waals surface area contributed by atoms with Gasteiger partial charge in [-0.2, -0.15) is 18.3 Å².